The third-order valence-electron chi connectivity index (χ3n) is 2.79. The topological polar surface area (TPSA) is 86.7 Å². The highest BCUT2D eigenvalue weighted by atomic mass is 35.7. The van der Waals surface area contributed by atoms with Crippen LogP contribution >= 0.6 is 10.7 Å². The number of unbranched alkanes of at least 4 members (excludes halogenated alkanes) is 1. The quantitative estimate of drug-likeness (QED) is 0.326. The number of Topliss-reactive ketones (excluding diaryl/α,β-unsaturated/α-hetero) is 1. The number of hydrogen-bond acceptors (Lipinski definition) is 6. The predicted octanol–water partition coefficient (Wildman–Crippen LogP) is 2.60. The van der Waals surface area contributed by atoms with Crippen LogP contribution in [0.1, 0.15) is 52.9 Å². The third-order valence-corrected chi connectivity index (χ3v) is 3.46. The summed E-state index contributed by atoms with van der Waals surface area (Å²) in [5.41, 5.74) is -0.475. The summed E-state index contributed by atoms with van der Waals surface area (Å²) < 4.78 is 31.0. The van der Waals surface area contributed by atoms with Crippen LogP contribution in [0, 0.1) is 5.41 Å². The molecule has 0 saturated heterocycles. The molecule has 0 aliphatic heterocycles. The van der Waals surface area contributed by atoms with E-state index in [0.717, 1.165) is 0 Å². The predicted molar refractivity (Wildman–Crippen MR) is 79.2 cm³/mol. The van der Waals surface area contributed by atoms with Gasteiger partial charge in [0.1, 0.15) is 5.78 Å². The van der Waals surface area contributed by atoms with Crippen molar-refractivity contribution in [2.45, 2.75) is 52.9 Å². The zero-order valence-electron chi connectivity index (χ0n) is 12.7. The summed E-state index contributed by atoms with van der Waals surface area (Å²) in [6.45, 7) is 5.20. The van der Waals surface area contributed by atoms with Gasteiger partial charge >= 0.3 is 15.3 Å². The molecular weight excluding hydrogens is 320 g/mol. The first-order chi connectivity index (χ1) is 9.52. The highest BCUT2D eigenvalue weighted by Gasteiger charge is 2.22. The average molecular weight is 343 g/mol. The Morgan fingerprint density at radius 3 is 2.24 bits per heavy atom. The van der Waals surface area contributed by atoms with E-state index in [1.54, 1.807) is 13.8 Å². The van der Waals surface area contributed by atoms with Crippen molar-refractivity contribution in [3.05, 3.63) is 0 Å². The SMILES string of the molecule is CC(=O)CCCCC(=O)OCCC(C)(C)COS(=O)(=O)Cl. The van der Waals surface area contributed by atoms with E-state index in [9.17, 15) is 18.0 Å². The number of hydrogen-bond donors (Lipinski definition) is 0. The molecule has 0 aromatic carbocycles. The molecule has 0 saturated carbocycles. The first kappa shape index (κ1) is 20.3. The Morgan fingerprint density at radius 1 is 1.14 bits per heavy atom. The minimum absolute atomic E-state index is 0.0744. The lowest BCUT2D eigenvalue weighted by molar-refractivity contribution is -0.144. The van der Waals surface area contributed by atoms with E-state index in [1.807, 2.05) is 0 Å². The van der Waals surface area contributed by atoms with Crippen LogP contribution in [0.15, 0.2) is 0 Å². The van der Waals surface area contributed by atoms with Gasteiger partial charge in [0.2, 0.25) is 0 Å². The summed E-state index contributed by atoms with van der Waals surface area (Å²) in [5.74, 6) is -0.209. The van der Waals surface area contributed by atoms with Crippen molar-refractivity contribution in [1.29, 1.82) is 0 Å². The van der Waals surface area contributed by atoms with Gasteiger partial charge in [0.05, 0.1) is 13.2 Å². The van der Waals surface area contributed by atoms with Crippen molar-refractivity contribution in [2.24, 2.45) is 5.41 Å². The molecule has 0 fully saturated rings. The van der Waals surface area contributed by atoms with Gasteiger partial charge in [-0.2, -0.15) is 8.42 Å². The zero-order valence-corrected chi connectivity index (χ0v) is 14.3. The lowest BCUT2D eigenvalue weighted by Gasteiger charge is -2.22. The van der Waals surface area contributed by atoms with Crippen molar-refractivity contribution in [1.82, 2.24) is 0 Å². The summed E-state index contributed by atoms with van der Waals surface area (Å²) in [4.78, 5) is 22.2. The van der Waals surface area contributed by atoms with E-state index in [-0.39, 0.29) is 31.4 Å². The van der Waals surface area contributed by atoms with Gasteiger partial charge in [-0.15, -0.1) is 0 Å². The Kier molecular flexibility index (Phi) is 9.08. The van der Waals surface area contributed by atoms with E-state index in [4.69, 9.17) is 15.4 Å². The van der Waals surface area contributed by atoms with Gasteiger partial charge in [-0.25, -0.2) is 0 Å². The molecule has 0 unspecified atom stereocenters. The van der Waals surface area contributed by atoms with E-state index in [1.165, 1.54) is 6.92 Å². The van der Waals surface area contributed by atoms with Crippen LogP contribution in [-0.4, -0.2) is 33.4 Å². The molecule has 0 aliphatic carbocycles. The zero-order chi connectivity index (χ0) is 16.5. The number of esters is 1. The molecule has 0 aromatic rings. The second-order valence-corrected chi connectivity index (χ2v) is 7.85. The maximum Gasteiger partial charge on any atom is 0.355 e. The van der Waals surface area contributed by atoms with Crippen molar-refractivity contribution >= 4 is 31.8 Å². The van der Waals surface area contributed by atoms with Gasteiger partial charge in [-0.3, -0.25) is 8.98 Å². The van der Waals surface area contributed by atoms with E-state index in [0.29, 0.717) is 25.7 Å². The molecule has 0 bridgehead atoms. The smallest absolute Gasteiger partial charge is 0.355 e. The van der Waals surface area contributed by atoms with Gasteiger partial charge in [-0.1, -0.05) is 13.8 Å². The molecule has 0 spiro atoms. The fourth-order valence-corrected chi connectivity index (χ4v) is 2.05. The van der Waals surface area contributed by atoms with Crippen LogP contribution < -0.4 is 0 Å². The molecule has 0 N–H and O–H groups in total. The minimum Gasteiger partial charge on any atom is -0.466 e. The van der Waals surface area contributed by atoms with Crippen molar-refractivity contribution in [3.63, 3.8) is 0 Å². The Balaban J connectivity index is 3.81. The Morgan fingerprint density at radius 2 is 1.71 bits per heavy atom. The standard InChI is InChI=1S/C13H23ClO6S/c1-11(15)6-4-5-7-12(16)19-9-8-13(2,3)10-20-21(14,17)18/h4-10H2,1-3H3. The monoisotopic (exact) mass is 342 g/mol. The van der Waals surface area contributed by atoms with Crippen LogP contribution in [0.2, 0.25) is 0 Å². The van der Waals surface area contributed by atoms with E-state index >= 15 is 0 Å². The van der Waals surface area contributed by atoms with Crippen molar-refractivity contribution in [3.8, 4) is 0 Å². The van der Waals surface area contributed by atoms with Gasteiger partial charge in [0, 0.05) is 23.5 Å². The lowest BCUT2D eigenvalue weighted by atomic mass is 9.91. The maximum absolute atomic E-state index is 11.4. The largest absolute Gasteiger partial charge is 0.466 e. The number of halogens is 1. The number of carbonyl (C=O) groups excluding carboxylic acids is 2. The molecule has 0 atom stereocenters. The minimum atomic E-state index is -3.98. The summed E-state index contributed by atoms with van der Waals surface area (Å²) in [6.07, 6.45) is 2.51. The first-order valence-corrected chi connectivity index (χ1v) is 8.99. The van der Waals surface area contributed by atoms with Crippen LogP contribution in [0.5, 0.6) is 0 Å². The molecule has 0 aliphatic rings. The Bertz CT molecular complexity index is 444. The Labute approximate surface area is 130 Å². The molecule has 6 nitrogen and oxygen atoms in total. The lowest BCUT2D eigenvalue weighted by Crippen LogP contribution is -2.23. The van der Waals surface area contributed by atoms with Crippen molar-refractivity contribution in [2.75, 3.05) is 13.2 Å². The summed E-state index contributed by atoms with van der Waals surface area (Å²) in [5, 5.41) is 0. The van der Waals surface area contributed by atoms with Gasteiger partial charge < -0.3 is 9.53 Å². The molecule has 124 valence electrons. The van der Waals surface area contributed by atoms with Gasteiger partial charge in [0.25, 0.3) is 0 Å². The fourth-order valence-electron chi connectivity index (χ4n) is 1.46. The van der Waals surface area contributed by atoms with Gasteiger partial charge in [0.15, 0.2) is 0 Å². The number of ketones is 1. The molecule has 8 heteroatoms. The molecule has 0 radical (unpaired) electrons. The molecule has 0 aromatic heterocycles. The van der Waals surface area contributed by atoms with E-state index < -0.39 is 14.7 Å². The fraction of sp³-hybridized carbons (Fsp3) is 0.846. The molecule has 21 heavy (non-hydrogen) atoms. The normalized spacial score (nSPS) is 12.2. The van der Waals surface area contributed by atoms with Gasteiger partial charge in [-0.05, 0) is 31.6 Å². The third kappa shape index (κ3) is 14.1. The second kappa shape index (κ2) is 9.38. The Hall–Kier alpha value is -0.660. The summed E-state index contributed by atoms with van der Waals surface area (Å²) in [6, 6.07) is 0. The van der Waals surface area contributed by atoms with Crippen LogP contribution in [0.4, 0.5) is 0 Å². The maximum atomic E-state index is 11.4. The first-order valence-electron chi connectivity index (χ1n) is 6.76. The average Bonchev–Trinajstić information content (AvgIpc) is 2.31. The van der Waals surface area contributed by atoms with Crippen LogP contribution in [0.3, 0.4) is 0 Å². The van der Waals surface area contributed by atoms with Crippen LogP contribution in [-0.2, 0) is 27.8 Å². The number of rotatable bonds is 11. The molecule has 0 amide bonds. The second-order valence-electron chi connectivity index (χ2n) is 5.70. The summed E-state index contributed by atoms with van der Waals surface area (Å²) >= 11 is 0. The van der Waals surface area contributed by atoms with Crippen molar-refractivity contribution < 1.29 is 26.9 Å². The van der Waals surface area contributed by atoms with Crippen LogP contribution in [0.25, 0.3) is 0 Å². The molecule has 0 heterocycles. The molecular formula is C13H23ClO6S. The number of ether oxygens (including phenoxy) is 1. The highest BCUT2D eigenvalue weighted by molar-refractivity contribution is 8.09. The van der Waals surface area contributed by atoms with E-state index in [2.05, 4.69) is 4.18 Å². The highest BCUT2D eigenvalue weighted by Crippen LogP contribution is 2.22. The summed E-state index contributed by atoms with van der Waals surface area (Å²) in [7, 11) is 0.974. The number of carbonyl (C=O) groups is 2. The molecule has 0 rings (SSSR count).